The lowest BCUT2D eigenvalue weighted by atomic mass is 10.0. The second kappa shape index (κ2) is 8.33. The summed E-state index contributed by atoms with van der Waals surface area (Å²) in [6, 6.07) is 32.3. The molecule has 0 saturated carbocycles. The Hall–Kier alpha value is -4.02. The third-order valence-electron chi connectivity index (χ3n) is 7.02. The molecule has 0 bridgehead atoms. The van der Waals surface area contributed by atoms with Crippen LogP contribution in [0.3, 0.4) is 0 Å². The van der Waals surface area contributed by atoms with Crippen LogP contribution in [-0.2, 0) is 0 Å². The highest BCUT2D eigenvalue weighted by molar-refractivity contribution is 7.13. The predicted octanol–water partition coefficient (Wildman–Crippen LogP) is 5.63. The van der Waals surface area contributed by atoms with Crippen molar-refractivity contribution in [3.05, 3.63) is 115 Å². The molecule has 35 heavy (non-hydrogen) atoms. The van der Waals surface area contributed by atoms with E-state index in [1.54, 1.807) is 6.20 Å². The zero-order valence-electron chi connectivity index (χ0n) is 20.1. The van der Waals surface area contributed by atoms with Gasteiger partial charge in [0, 0.05) is 23.8 Å². The van der Waals surface area contributed by atoms with Crippen LogP contribution in [0.15, 0.2) is 103 Å². The van der Waals surface area contributed by atoms with E-state index < -0.39 is 8.07 Å². The van der Waals surface area contributed by atoms with Crippen molar-refractivity contribution in [3.63, 3.8) is 0 Å². The molecular formula is C31H26N2OSi. The van der Waals surface area contributed by atoms with Crippen LogP contribution < -0.4 is 20.4 Å². The largest absolute Gasteiger partial charge is 0.439 e. The van der Waals surface area contributed by atoms with Crippen LogP contribution in [0.5, 0.6) is 11.6 Å². The lowest BCUT2D eigenvalue weighted by Gasteiger charge is -2.25. The van der Waals surface area contributed by atoms with Crippen molar-refractivity contribution in [1.82, 2.24) is 9.97 Å². The summed E-state index contributed by atoms with van der Waals surface area (Å²) >= 11 is 0. The number of fused-ring (bicyclic) bond motifs is 3. The van der Waals surface area contributed by atoms with Crippen LogP contribution in [-0.4, -0.2) is 18.0 Å². The Kier molecular flexibility index (Phi) is 5.12. The van der Waals surface area contributed by atoms with Crippen molar-refractivity contribution < 1.29 is 4.74 Å². The third-order valence-corrected chi connectivity index (χ3v) is 11.3. The number of hydrogen-bond donors (Lipinski definition) is 0. The molecule has 0 saturated heterocycles. The second-order valence-electron chi connectivity index (χ2n) is 9.45. The summed E-state index contributed by atoms with van der Waals surface area (Å²) in [6.07, 6.45) is 3.73. The number of benzene rings is 3. The number of nitrogens with zero attached hydrogens (tertiary/aromatic N) is 2. The average molecular weight is 471 g/mol. The Morgan fingerprint density at radius 2 is 1.37 bits per heavy atom. The van der Waals surface area contributed by atoms with Crippen LogP contribution >= 0.6 is 0 Å². The van der Waals surface area contributed by atoms with Gasteiger partial charge in [-0.2, -0.15) is 0 Å². The second-order valence-corrected chi connectivity index (χ2v) is 13.3. The number of aromatic nitrogens is 2. The molecule has 0 aliphatic carbocycles. The molecule has 1 aliphatic heterocycles. The van der Waals surface area contributed by atoms with Crippen LogP contribution in [0.4, 0.5) is 0 Å². The number of rotatable bonds is 4. The van der Waals surface area contributed by atoms with Gasteiger partial charge in [0.15, 0.2) is 8.07 Å². The summed E-state index contributed by atoms with van der Waals surface area (Å²) in [5.74, 6) is 1.39. The number of hydrogen-bond acceptors (Lipinski definition) is 3. The van der Waals surface area contributed by atoms with Crippen LogP contribution in [0.2, 0.25) is 6.55 Å². The maximum absolute atomic E-state index is 6.08. The molecule has 1 unspecified atom stereocenters. The van der Waals surface area contributed by atoms with Gasteiger partial charge in [0.25, 0.3) is 0 Å². The molecule has 0 N–H and O–H groups in total. The molecule has 2 aromatic heterocycles. The van der Waals surface area contributed by atoms with E-state index in [2.05, 4.69) is 85.2 Å². The molecule has 170 valence electrons. The van der Waals surface area contributed by atoms with Gasteiger partial charge in [0.2, 0.25) is 5.88 Å². The molecule has 6 rings (SSSR count). The Balaban J connectivity index is 1.46. The zero-order valence-corrected chi connectivity index (χ0v) is 21.1. The molecule has 0 radical (unpaired) electrons. The molecule has 0 spiro atoms. The molecule has 1 aliphatic rings. The maximum atomic E-state index is 6.08. The van der Waals surface area contributed by atoms with E-state index >= 15 is 0 Å². The standard InChI is InChI=1S/C31H26N2OSi/c1-21-13-15-32-30(17-21)34-25-8-6-7-23(19-25)24-11-12-27-26-9-4-5-10-28(26)35(3,29(27)20-24)31-18-22(2)14-16-33-31/h4-20H,1-3H3. The van der Waals surface area contributed by atoms with Gasteiger partial charge >= 0.3 is 0 Å². The minimum absolute atomic E-state index is 0.608. The van der Waals surface area contributed by atoms with E-state index in [1.165, 1.54) is 37.9 Å². The minimum atomic E-state index is -2.23. The van der Waals surface area contributed by atoms with Gasteiger partial charge in [-0.25, -0.2) is 4.98 Å². The van der Waals surface area contributed by atoms with Crippen molar-refractivity contribution in [1.29, 1.82) is 0 Å². The van der Waals surface area contributed by atoms with Gasteiger partial charge in [0.05, 0.1) is 0 Å². The van der Waals surface area contributed by atoms with Gasteiger partial charge in [0.1, 0.15) is 5.75 Å². The van der Waals surface area contributed by atoms with Crippen LogP contribution in [0, 0.1) is 13.8 Å². The number of pyridine rings is 2. The predicted molar refractivity (Wildman–Crippen MR) is 146 cm³/mol. The fraction of sp³-hybridized carbons (Fsp3) is 0.0968. The molecule has 0 amide bonds. The Morgan fingerprint density at radius 1 is 0.629 bits per heavy atom. The molecule has 3 heterocycles. The smallest absolute Gasteiger partial charge is 0.219 e. The van der Waals surface area contributed by atoms with Crippen molar-refractivity contribution in [2.45, 2.75) is 20.4 Å². The first-order valence-electron chi connectivity index (χ1n) is 11.9. The van der Waals surface area contributed by atoms with E-state index in [0.717, 1.165) is 16.9 Å². The Bertz CT molecular complexity index is 1580. The van der Waals surface area contributed by atoms with Gasteiger partial charge in [-0.3, -0.25) is 4.98 Å². The van der Waals surface area contributed by atoms with Crippen LogP contribution in [0.1, 0.15) is 11.1 Å². The minimum Gasteiger partial charge on any atom is -0.439 e. The summed E-state index contributed by atoms with van der Waals surface area (Å²) in [7, 11) is -2.23. The first-order valence-corrected chi connectivity index (χ1v) is 14.4. The highest BCUT2D eigenvalue weighted by Gasteiger charge is 2.44. The highest BCUT2D eigenvalue weighted by atomic mass is 28.3. The SMILES string of the molecule is Cc1ccnc(Oc2cccc(-c3ccc4c(c3)[Si](C)(c3cc(C)ccn3)c3ccccc3-4)c2)c1. The molecular weight excluding hydrogens is 444 g/mol. The van der Waals surface area contributed by atoms with Crippen molar-refractivity contribution in [3.8, 4) is 33.9 Å². The van der Waals surface area contributed by atoms with Gasteiger partial charge in [-0.05, 0) is 87.9 Å². The zero-order chi connectivity index (χ0) is 24.0. The van der Waals surface area contributed by atoms with E-state index in [4.69, 9.17) is 9.72 Å². The fourth-order valence-corrected chi connectivity index (χ4v) is 9.26. The maximum Gasteiger partial charge on any atom is 0.219 e. The molecule has 1 atom stereocenters. The first kappa shape index (κ1) is 21.5. The van der Waals surface area contributed by atoms with Gasteiger partial charge in [-0.15, -0.1) is 0 Å². The summed E-state index contributed by atoms with van der Waals surface area (Å²) in [5.41, 5.74) is 7.36. The summed E-state index contributed by atoms with van der Waals surface area (Å²) < 4.78 is 6.08. The average Bonchev–Trinajstić information content (AvgIpc) is 3.13. The first-order chi connectivity index (χ1) is 17.0. The van der Waals surface area contributed by atoms with E-state index in [1.807, 2.05) is 37.4 Å². The van der Waals surface area contributed by atoms with Crippen molar-refractivity contribution in [2.24, 2.45) is 0 Å². The van der Waals surface area contributed by atoms with E-state index in [9.17, 15) is 0 Å². The summed E-state index contributed by atoms with van der Waals surface area (Å²) in [4.78, 5) is 9.24. The van der Waals surface area contributed by atoms with Gasteiger partial charge < -0.3 is 4.74 Å². The third kappa shape index (κ3) is 3.67. The Labute approximate surface area is 207 Å². The lowest BCUT2D eigenvalue weighted by molar-refractivity contribution is 0.462. The highest BCUT2D eigenvalue weighted by Crippen LogP contribution is 2.32. The number of ether oxygens (including phenoxy) is 1. The van der Waals surface area contributed by atoms with Gasteiger partial charge in [-0.1, -0.05) is 61.1 Å². The molecule has 5 aromatic rings. The monoisotopic (exact) mass is 470 g/mol. The van der Waals surface area contributed by atoms with Crippen LogP contribution in [0.25, 0.3) is 22.3 Å². The molecule has 0 fully saturated rings. The summed E-state index contributed by atoms with van der Waals surface area (Å²) in [5, 5.41) is 4.07. The quantitative estimate of drug-likeness (QED) is 0.319. The van der Waals surface area contributed by atoms with E-state index in [-0.39, 0.29) is 0 Å². The van der Waals surface area contributed by atoms with Crippen molar-refractivity contribution in [2.75, 3.05) is 0 Å². The number of aryl methyl sites for hydroxylation is 2. The topological polar surface area (TPSA) is 35.0 Å². The lowest BCUT2D eigenvalue weighted by Crippen LogP contribution is -2.63. The molecule has 3 aromatic carbocycles. The molecule has 3 nitrogen and oxygen atoms in total. The summed E-state index contributed by atoms with van der Waals surface area (Å²) in [6.45, 7) is 6.62. The van der Waals surface area contributed by atoms with E-state index in [0.29, 0.717) is 5.88 Å². The fourth-order valence-electron chi connectivity index (χ4n) is 5.18. The van der Waals surface area contributed by atoms with Crippen molar-refractivity contribution >= 4 is 23.8 Å². The normalized spacial score (nSPS) is 16.0. The molecule has 4 heteroatoms. The Morgan fingerprint density at radius 3 is 2.20 bits per heavy atom.